The summed E-state index contributed by atoms with van der Waals surface area (Å²) in [6, 6.07) is 23.4. The fraction of sp³-hybridized carbons (Fsp3) is 0.194. The zero-order valence-corrected chi connectivity index (χ0v) is 22.7. The highest BCUT2D eigenvalue weighted by atomic mass is 32.1. The fourth-order valence-electron chi connectivity index (χ4n) is 4.71. The lowest BCUT2D eigenvalue weighted by molar-refractivity contribution is -0.130. The highest BCUT2D eigenvalue weighted by Crippen LogP contribution is 2.42. The van der Waals surface area contributed by atoms with Crippen molar-refractivity contribution in [3.8, 4) is 22.1 Å². The summed E-state index contributed by atoms with van der Waals surface area (Å²) in [7, 11) is 1.57. The third-order valence-corrected chi connectivity index (χ3v) is 7.77. The summed E-state index contributed by atoms with van der Waals surface area (Å²) in [5.41, 5.74) is 2.98. The highest BCUT2D eigenvalue weighted by molar-refractivity contribution is 7.17. The van der Waals surface area contributed by atoms with Gasteiger partial charge in [-0.05, 0) is 49.2 Å². The van der Waals surface area contributed by atoms with Crippen molar-refractivity contribution in [1.29, 1.82) is 0 Å². The fourth-order valence-corrected chi connectivity index (χ4v) is 5.74. The maximum Gasteiger partial charge on any atom is 0.290 e. The number of aliphatic hydroxyl groups is 1. The van der Waals surface area contributed by atoms with E-state index < -0.39 is 23.5 Å². The van der Waals surface area contributed by atoms with Gasteiger partial charge in [-0.25, -0.2) is 4.98 Å². The summed E-state index contributed by atoms with van der Waals surface area (Å²) < 4.78 is 10.9. The number of aromatic nitrogens is 1. The van der Waals surface area contributed by atoms with E-state index in [9.17, 15) is 14.7 Å². The Morgan fingerprint density at radius 1 is 1.03 bits per heavy atom. The third-order valence-electron chi connectivity index (χ3n) is 6.57. The minimum absolute atomic E-state index is 0.0393. The van der Waals surface area contributed by atoms with Gasteiger partial charge in [-0.2, -0.15) is 0 Å². The molecule has 7 nitrogen and oxygen atoms in total. The van der Waals surface area contributed by atoms with Crippen molar-refractivity contribution >= 4 is 23.0 Å². The van der Waals surface area contributed by atoms with Gasteiger partial charge in [0.15, 0.2) is 5.76 Å². The molecule has 198 valence electrons. The number of carbonyl (C=O) groups excluding carboxylic acids is 2. The summed E-state index contributed by atoms with van der Waals surface area (Å²) in [5, 5.41) is 11.8. The average molecular weight is 541 g/mol. The molecule has 4 aromatic rings. The van der Waals surface area contributed by atoms with E-state index >= 15 is 0 Å². The molecular formula is C31H28N2O5S. The molecule has 1 atom stereocenters. The number of hydrogen-bond acceptors (Lipinski definition) is 7. The number of aryl methyl sites for hydroxylation is 1. The average Bonchev–Trinajstić information content (AvgIpc) is 3.46. The molecule has 0 saturated carbocycles. The zero-order valence-electron chi connectivity index (χ0n) is 21.9. The van der Waals surface area contributed by atoms with E-state index in [2.05, 4.69) is 4.98 Å². The Balaban J connectivity index is 1.56. The van der Waals surface area contributed by atoms with Gasteiger partial charge >= 0.3 is 0 Å². The van der Waals surface area contributed by atoms with E-state index in [1.807, 2.05) is 61.5 Å². The minimum atomic E-state index is -0.798. The molecule has 1 unspecified atom stereocenters. The molecule has 0 radical (unpaired) electrons. The molecule has 1 N–H and O–H groups in total. The van der Waals surface area contributed by atoms with Crippen molar-refractivity contribution < 1.29 is 24.2 Å². The van der Waals surface area contributed by atoms with E-state index in [0.717, 1.165) is 11.1 Å². The Hall–Kier alpha value is -4.43. The van der Waals surface area contributed by atoms with Crippen LogP contribution in [0.3, 0.4) is 0 Å². The molecule has 0 bridgehead atoms. The number of methoxy groups -OCH3 is 1. The topological polar surface area (TPSA) is 89.0 Å². The number of hydrogen-bond donors (Lipinski definition) is 1. The molecule has 1 aromatic heterocycles. The number of Topliss-reactive ketones (excluding diaryl/α,β-unsaturated/α-hetero) is 1. The van der Waals surface area contributed by atoms with Crippen LogP contribution in [0, 0.1) is 6.92 Å². The van der Waals surface area contributed by atoms with Crippen molar-refractivity contribution in [2.24, 2.45) is 0 Å². The van der Waals surface area contributed by atoms with Crippen molar-refractivity contribution in [2.75, 3.05) is 13.7 Å². The molecule has 39 heavy (non-hydrogen) atoms. The number of nitrogens with zero attached hydrogens (tertiary/aromatic N) is 2. The van der Waals surface area contributed by atoms with Crippen molar-refractivity contribution in [3.63, 3.8) is 0 Å². The quantitative estimate of drug-likeness (QED) is 0.251. The highest BCUT2D eigenvalue weighted by Gasteiger charge is 2.44. The Morgan fingerprint density at radius 2 is 1.77 bits per heavy atom. The second-order valence-electron chi connectivity index (χ2n) is 9.08. The van der Waals surface area contributed by atoms with Crippen LogP contribution in [-0.4, -0.2) is 40.4 Å². The Labute approximate surface area is 231 Å². The number of thiazole rings is 1. The molecule has 0 saturated heterocycles. The van der Waals surface area contributed by atoms with Gasteiger partial charge in [0.25, 0.3) is 5.91 Å². The monoisotopic (exact) mass is 540 g/mol. The van der Waals surface area contributed by atoms with Crippen molar-refractivity contribution in [1.82, 2.24) is 9.88 Å². The van der Waals surface area contributed by atoms with Crippen molar-refractivity contribution in [3.05, 3.63) is 112 Å². The number of ketones is 1. The first kappa shape index (κ1) is 26.2. The predicted octanol–water partition coefficient (Wildman–Crippen LogP) is 6.30. The predicted molar refractivity (Wildman–Crippen MR) is 150 cm³/mol. The van der Waals surface area contributed by atoms with E-state index in [4.69, 9.17) is 9.47 Å². The largest absolute Gasteiger partial charge is 0.503 e. The maximum atomic E-state index is 14.0. The first-order valence-corrected chi connectivity index (χ1v) is 13.4. The first-order chi connectivity index (χ1) is 18.9. The number of aliphatic hydroxyl groups excluding tert-OH is 1. The third kappa shape index (κ3) is 5.15. The lowest BCUT2D eigenvalue weighted by atomic mass is 9.94. The first-order valence-electron chi connectivity index (χ1n) is 12.6. The van der Waals surface area contributed by atoms with Gasteiger partial charge in [0, 0.05) is 12.1 Å². The second-order valence-corrected chi connectivity index (χ2v) is 10.1. The van der Waals surface area contributed by atoms with Crippen LogP contribution in [0.1, 0.15) is 39.5 Å². The van der Waals surface area contributed by atoms with Crippen molar-refractivity contribution in [2.45, 2.75) is 26.4 Å². The molecular weight excluding hydrogens is 512 g/mol. The Morgan fingerprint density at radius 3 is 2.46 bits per heavy atom. The number of carbonyl (C=O) groups is 2. The van der Waals surface area contributed by atoms with Crippen LogP contribution in [0.25, 0.3) is 10.6 Å². The van der Waals surface area contributed by atoms with Gasteiger partial charge < -0.3 is 19.5 Å². The van der Waals surface area contributed by atoms with Crippen LogP contribution in [0.2, 0.25) is 0 Å². The number of amides is 1. The van der Waals surface area contributed by atoms with Gasteiger partial charge in [0.05, 0.1) is 35.9 Å². The molecule has 0 aliphatic carbocycles. The molecule has 3 aromatic carbocycles. The van der Waals surface area contributed by atoms with E-state index in [1.165, 1.54) is 16.2 Å². The molecule has 5 rings (SSSR count). The Bertz CT molecular complexity index is 1540. The van der Waals surface area contributed by atoms with Crippen LogP contribution in [0.4, 0.5) is 0 Å². The standard InChI is InChI=1S/C31H28N2O5S/c1-4-38-24-12-8-9-20(17-24)18-33-26(21-13-15-23(37-3)16-14-21)25(28(35)31(33)36)27(34)29-19(2)32-30(39-29)22-10-6-5-7-11-22/h5-17,26,35H,4,18H2,1-3H3. The molecule has 1 amide bonds. The molecule has 8 heteroatoms. The summed E-state index contributed by atoms with van der Waals surface area (Å²) >= 11 is 1.25. The summed E-state index contributed by atoms with van der Waals surface area (Å²) in [6.07, 6.45) is 0. The normalized spacial score (nSPS) is 15.1. The molecule has 0 fully saturated rings. The van der Waals surface area contributed by atoms with Crippen LogP contribution in [0.5, 0.6) is 11.5 Å². The Kier molecular flexibility index (Phi) is 7.47. The van der Waals surface area contributed by atoms with Gasteiger partial charge in [-0.15, -0.1) is 11.3 Å². The van der Waals surface area contributed by atoms with Crippen LogP contribution in [-0.2, 0) is 11.3 Å². The molecule has 1 aliphatic rings. The van der Waals surface area contributed by atoms with Crippen LogP contribution in [0.15, 0.2) is 90.2 Å². The van der Waals surface area contributed by atoms with Gasteiger partial charge in [-0.3, -0.25) is 9.59 Å². The summed E-state index contributed by atoms with van der Waals surface area (Å²) in [4.78, 5) is 34.0. The lowest BCUT2D eigenvalue weighted by Crippen LogP contribution is -2.30. The maximum absolute atomic E-state index is 14.0. The minimum Gasteiger partial charge on any atom is -0.503 e. The smallest absolute Gasteiger partial charge is 0.290 e. The van der Waals surface area contributed by atoms with Gasteiger partial charge in [-0.1, -0.05) is 54.6 Å². The van der Waals surface area contributed by atoms with Gasteiger partial charge in [0.2, 0.25) is 5.78 Å². The SMILES string of the molecule is CCOc1cccc(CN2C(=O)C(O)=C(C(=O)c3sc(-c4ccccc4)nc3C)C2c2ccc(OC)cc2)c1. The van der Waals surface area contributed by atoms with Crippen LogP contribution >= 0.6 is 11.3 Å². The van der Waals surface area contributed by atoms with E-state index in [0.29, 0.717) is 39.2 Å². The van der Waals surface area contributed by atoms with E-state index in [1.54, 1.807) is 38.3 Å². The number of benzene rings is 3. The van der Waals surface area contributed by atoms with Crippen LogP contribution < -0.4 is 9.47 Å². The number of ether oxygens (including phenoxy) is 2. The summed E-state index contributed by atoms with van der Waals surface area (Å²) in [6.45, 7) is 4.36. The summed E-state index contributed by atoms with van der Waals surface area (Å²) in [5.74, 6) is -0.234. The molecule has 1 aliphatic heterocycles. The zero-order chi connectivity index (χ0) is 27.5. The number of rotatable bonds is 9. The van der Waals surface area contributed by atoms with Gasteiger partial charge in [0.1, 0.15) is 16.5 Å². The lowest BCUT2D eigenvalue weighted by Gasteiger charge is -2.27. The van der Waals surface area contributed by atoms with E-state index in [-0.39, 0.29) is 12.1 Å². The second kappa shape index (κ2) is 11.1. The molecule has 0 spiro atoms. The molecule has 2 heterocycles.